The Morgan fingerprint density at radius 1 is 1.37 bits per heavy atom. The fourth-order valence-corrected chi connectivity index (χ4v) is 2.55. The lowest BCUT2D eigenvalue weighted by atomic mass is 10.3. The molecule has 0 radical (unpaired) electrons. The minimum absolute atomic E-state index is 0.151. The topological polar surface area (TPSA) is 89.9 Å². The van der Waals surface area contributed by atoms with E-state index in [2.05, 4.69) is 5.32 Å². The van der Waals surface area contributed by atoms with Crippen molar-refractivity contribution in [3.63, 3.8) is 0 Å². The van der Waals surface area contributed by atoms with Crippen LogP contribution in [0.5, 0.6) is 0 Å². The molecule has 0 aliphatic carbocycles. The van der Waals surface area contributed by atoms with E-state index in [1.54, 1.807) is 11.4 Å². The average molecular weight is 284 g/mol. The lowest BCUT2D eigenvalue weighted by molar-refractivity contribution is -0.130. The first-order valence-electron chi connectivity index (χ1n) is 6.02. The van der Waals surface area contributed by atoms with Crippen LogP contribution in [-0.4, -0.2) is 58.8 Å². The summed E-state index contributed by atoms with van der Waals surface area (Å²) in [5.74, 6) is -0.378. The SMILES string of the molecule is O=C(NCCC(=O)N1C[C@@H](O)[C@@H](O)C1)c1ccsc1. The third-order valence-corrected chi connectivity index (χ3v) is 3.70. The molecule has 1 fully saturated rings. The van der Waals surface area contributed by atoms with Crippen molar-refractivity contribution in [2.45, 2.75) is 18.6 Å². The van der Waals surface area contributed by atoms with Crippen molar-refractivity contribution in [3.05, 3.63) is 22.4 Å². The van der Waals surface area contributed by atoms with Crippen LogP contribution < -0.4 is 5.32 Å². The van der Waals surface area contributed by atoms with Crippen LogP contribution in [0.15, 0.2) is 16.8 Å². The molecule has 0 unspecified atom stereocenters. The van der Waals surface area contributed by atoms with Crippen molar-refractivity contribution in [2.24, 2.45) is 0 Å². The Hall–Kier alpha value is -1.44. The number of amides is 2. The molecule has 2 heterocycles. The smallest absolute Gasteiger partial charge is 0.252 e. The van der Waals surface area contributed by atoms with Crippen molar-refractivity contribution in [1.29, 1.82) is 0 Å². The summed E-state index contributed by atoms with van der Waals surface area (Å²) in [5.41, 5.74) is 0.587. The molecule has 0 spiro atoms. The molecule has 19 heavy (non-hydrogen) atoms. The first-order valence-corrected chi connectivity index (χ1v) is 6.96. The molecule has 1 saturated heterocycles. The normalized spacial score (nSPS) is 22.5. The van der Waals surface area contributed by atoms with Gasteiger partial charge in [0.05, 0.1) is 12.2 Å². The van der Waals surface area contributed by atoms with Crippen LogP contribution in [0.25, 0.3) is 0 Å². The van der Waals surface area contributed by atoms with Gasteiger partial charge in [-0.05, 0) is 11.4 Å². The molecule has 104 valence electrons. The maximum Gasteiger partial charge on any atom is 0.252 e. The summed E-state index contributed by atoms with van der Waals surface area (Å²) in [4.78, 5) is 24.8. The van der Waals surface area contributed by atoms with Gasteiger partial charge in [0.25, 0.3) is 5.91 Å². The Labute approximate surface area is 114 Å². The summed E-state index contributed by atoms with van der Waals surface area (Å²) in [6.45, 7) is 0.549. The molecule has 3 N–H and O–H groups in total. The molecular weight excluding hydrogens is 268 g/mol. The number of aliphatic hydroxyl groups is 2. The van der Waals surface area contributed by atoms with Gasteiger partial charge in [0.1, 0.15) is 0 Å². The number of thiophene rings is 1. The van der Waals surface area contributed by atoms with E-state index in [0.717, 1.165) is 0 Å². The molecule has 7 heteroatoms. The van der Waals surface area contributed by atoms with Crippen LogP contribution in [0.1, 0.15) is 16.8 Å². The number of nitrogens with zero attached hydrogens (tertiary/aromatic N) is 1. The summed E-state index contributed by atoms with van der Waals surface area (Å²) < 4.78 is 0. The molecule has 2 atom stereocenters. The molecular formula is C12H16N2O4S. The maximum absolute atomic E-state index is 11.8. The summed E-state index contributed by atoms with van der Waals surface area (Å²) in [5, 5.41) is 24.9. The zero-order valence-corrected chi connectivity index (χ0v) is 11.1. The van der Waals surface area contributed by atoms with E-state index in [4.69, 9.17) is 0 Å². The van der Waals surface area contributed by atoms with Crippen LogP contribution >= 0.6 is 11.3 Å². The number of likely N-dealkylation sites (tertiary alicyclic amines) is 1. The highest BCUT2D eigenvalue weighted by molar-refractivity contribution is 7.08. The first kappa shape index (κ1) is 14.0. The Balaban J connectivity index is 1.71. The van der Waals surface area contributed by atoms with Crippen molar-refractivity contribution in [3.8, 4) is 0 Å². The molecule has 1 aliphatic heterocycles. The summed E-state index contributed by atoms with van der Waals surface area (Å²) in [6, 6.07) is 1.72. The van der Waals surface area contributed by atoms with E-state index in [1.807, 2.05) is 5.38 Å². The number of nitrogens with one attached hydrogen (secondary N) is 1. The molecule has 1 aromatic heterocycles. The van der Waals surface area contributed by atoms with E-state index in [1.165, 1.54) is 16.2 Å². The van der Waals surface area contributed by atoms with Crippen LogP contribution in [0, 0.1) is 0 Å². The molecule has 1 aliphatic rings. The van der Waals surface area contributed by atoms with E-state index in [9.17, 15) is 19.8 Å². The van der Waals surface area contributed by atoms with Crippen LogP contribution in [-0.2, 0) is 4.79 Å². The fraction of sp³-hybridized carbons (Fsp3) is 0.500. The summed E-state index contributed by atoms with van der Waals surface area (Å²) >= 11 is 1.44. The van der Waals surface area contributed by atoms with Crippen LogP contribution in [0.4, 0.5) is 0 Å². The fourth-order valence-electron chi connectivity index (χ4n) is 1.91. The average Bonchev–Trinajstić information content (AvgIpc) is 3.00. The van der Waals surface area contributed by atoms with Gasteiger partial charge >= 0.3 is 0 Å². The zero-order chi connectivity index (χ0) is 13.8. The van der Waals surface area contributed by atoms with Gasteiger partial charge in [-0.2, -0.15) is 11.3 Å². The predicted octanol–water partition coefficient (Wildman–Crippen LogP) is -0.568. The predicted molar refractivity (Wildman–Crippen MR) is 69.9 cm³/mol. The number of β-amino-alcohol motifs (C(OH)–C–C–N with tert-alkyl or cyclic N) is 2. The molecule has 6 nitrogen and oxygen atoms in total. The molecule has 0 saturated carbocycles. The maximum atomic E-state index is 11.8. The van der Waals surface area contributed by atoms with Gasteiger partial charge in [-0.25, -0.2) is 0 Å². The van der Waals surface area contributed by atoms with Gasteiger partial charge in [0, 0.05) is 37.0 Å². The largest absolute Gasteiger partial charge is 0.388 e. The minimum atomic E-state index is -0.871. The van der Waals surface area contributed by atoms with Crippen LogP contribution in [0.3, 0.4) is 0 Å². The number of rotatable bonds is 4. The van der Waals surface area contributed by atoms with Crippen molar-refractivity contribution in [2.75, 3.05) is 19.6 Å². The Morgan fingerprint density at radius 3 is 2.63 bits per heavy atom. The number of hydrogen-bond acceptors (Lipinski definition) is 5. The molecule has 0 bridgehead atoms. The quantitative estimate of drug-likeness (QED) is 0.691. The molecule has 0 aromatic carbocycles. The Kier molecular flexibility index (Phi) is 4.52. The number of carbonyl (C=O) groups excluding carboxylic acids is 2. The minimum Gasteiger partial charge on any atom is -0.388 e. The van der Waals surface area contributed by atoms with Crippen LogP contribution in [0.2, 0.25) is 0 Å². The lowest BCUT2D eigenvalue weighted by Crippen LogP contribution is -2.33. The Morgan fingerprint density at radius 2 is 2.05 bits per heavy atom. The van der Waals surface area contributed by atoms with Crippen molar-refractivity contribution in [1.82, 2.24) is 10.2 Å². The van der Waals surface area contributed by atoms with E-state index >= 15 is 0 Å². The van der Waals surface area contributed by atoms with Gasteiger partial charge in [0.2, 0.25) is 5.91 Å². The third-order valence-electron chi connectivity index (χ3n) is 3.02. The molecule has 1 aromatic rings. The second-order valence-corrected chi connectivity index (χ2v) is 5.23. The highest BCUT2D eigenvalue weighted by Gasteiger charge is 2.32. The van der Waals surface area contributed by atoms with Gasteiger partial charge in [-0.3, -0.25) is 9.59 Å². The van der Waals surface area contributed by atoms with E-state index < -0.39 is 12.2 Å². The molecule has 2 rings (SSSR count). The van der Waals surface area contributed by atoms with E-state index in [-0.39, 0.29) is 37.9 Å². The monoisotopic (exact) mass is 284 g/mol. The van der Waals surface area contributed by atoms with Gasteiger partial charge < -0.3 is 20.4 Å². The van der Waals surface area contributed by atoms with Crippen molar-refractivity contribution >= 4 is 23.2 Å². The Bertz CT molecular complexity index is 439. The molecule has 2 amide bonds. The third kappa shape index (κ3) is 3.52. The number of aliphatic hydroxyl groups excluding tert-OH is 2. The highest BCUT2D eigenvalue weighted by Crippen LogP contribution is 2.11. The number of hydrogen-bond donors (Lipinski definition) is 3. The van der Waals surface area contributed by atoms with Crippen molar-refractivity contribution < 1.29 is 19.8 Å². The summed E-state index contributed by atoms with van der Waals surface area (Å²) in [6.07, 6.45) is -1.58. The van der Waals surface area contributed by atoms with E-state index in [0.29, 0.717) is 5.56 Å². The second kappa shape index (κ2) is 6.14. The zero-order valence-electron chi connectivity index (χ0n) is 10.3. The second-order valence-electron chi connectivity index (χ2n) is 4.45. The lowest BCUT2D eigenvalue weighted by Gasteiger charge is -2.15. The van der Waals surface area contributed by atoms with Gasteiger partial charge in [-0.1, -0.05) is 0 Å². The summed E-state index contributed by atoms with van der Waals surface area (Å²) in [7, 11) is 0. The highest BCUT2D eigenvalue weighted by atomic mass is 32.1. The first-order chi connectivity index (χ1) is 9.08. The number of carbonyl (C=O) groups is 2. The van der Waals surface area contributed by atoms with Gasteiger partial charge in [-0.15, -0.1) is 0 Å². The van der Waals surface area contributed by atoms with Gasteiger partial charge in [0.15, 0.2) is 0 Å². The standard InChI is InChI=1S/C12H16N2O4S/c15-9-5-14(6-10(9)16)11(17)1-3-13-12(18)8-2-4-19-7-8/h2,4,7,9-10,15-16H,1,3,5-6H2,(H,13,18)/t9-,10+.